The quantitative estimate of drug-likeness (QED) is 0.874. The van der Waals surface area contributed by atoms with Gasteiger partial charge in [0, 0.05) is 6.54 Å². The van der Waals surface area contributed by atoms with E-state index in [0.717, 1.165) is 12.8 Å². The lowest BCUT2D eigenvalue weighted by atomic mass is 10.3. The maximum atomic E-state index is 11.9. The highest BCUT2D eigenvalue weighted by molar-refractivity contribution is 7.89. The first-order chi connectivity index (χ1) is 9.09. The van der Waals surface area contributed by atoms with Crippen LogP contribution in [0.1, 0.15) is 12.8 Å². The molecule has 1 aromatic carbocycles. The lowest BCUT2D eigenvalue weighted by Crippen LogP contribution is -2.42. The Labute approximate surface area is 112 Å². The van der Waals surface area contributed by atoms with Crippen LogP contribution in [0, 0.1) is 0 Å². The van der Waals surface area contributed by atoms with Gasteiger partial charge in [0.25, 0.3) is 5.91 Å². The topological polar surface area (TPSA) is 75.7 Å². The molecule has 1 saturated heterocycles. The molecule has 1 heterocycles. The monoisotopic (exact) mass is 284 g/mol. The Balaban J connectivity index is 1.93. The molecule has 0 unspecified atom stereocenters. The number of hydrogen-bond acceptors (Lipinski definition) is 4. The zero-order chi connectivity index (χ0) is 13.7. The second-order valence-electron chi connectivity index (χ2n) is 4.17. The van der Waals surface area contributed by atoms with Gasteiger partial charge in [-0.15, -0.1) is 0 Å². The van der Waals surface area contributed by atoms with Crippen LogP contribution in [0.2, 0.25) is 0 Å². The molecule has 1 aliphatic rings. The maximum Gasteiger partial charge on any atom is 0.261 e. The van der Waals surface area contributed by atoms with Crippen LogP contribution < -0.4 is 4.72 Å². The Morgan fingerprint density at radius 2 is 2.00 bits per heavy atom. The zero-order valence-corrected chi connectivity index (χ0v) is 11.2. The summed E-state index contributed by atoms with van der Waals surface area (Å²) in [6, 6.07) is 7.94. The summed E-state index contributed by atoms with van der Waals surface area (Å²) in [5.74, 6) is -0.376. The van der Waals surface area contributed by atoms with Gasteiger partial charge in [0.05, 0.1) is 18.0 Å². The number of hydrogen-bond donors (Lipinski definition) is 1. The number of carbonyl (C=O) groups is 1. The van der Waals surface area contributed by atoms with E-state index in [-0.39, 0.29) is 17.3 Å². The van der Waals surface area contributed by atoms with E-state index in [1.165, 1.54) is 17.2 Å². The third kappa shape index (κ3) is 3.76. The smallest absolute Gasteiger partial charge is 0.261 e. The van der Waals surface area contributed by atoms with Crippen LogP contribution in [-0.4, -0.2) is 39.1 Å². The molecule has 1 N–H and O–H groups in total. The van der Waals surface area contributed by atoms with Crippen molar-refractivity contribution in [2.75, 3.05) is 19.7 Å². The van der Waals surface area contributed by atoms with Crippen LogP contribution in [0.25, 0.3) is 0 Å². The van der Waals surface area contributed by atoms with Crippen molar-refractivity contribution < 1.29 is 18.0 Å². The molecular weight excluding hydrogens is 268 g/mol. The highest BCUT2D eigenvalue weighted by atomic mass is 32.2. The molecule has 104 valence electrons. The molecule has 19 heavy (non-hydrogen) atoms. The summed E-state index contributed by atoms with van der Waals surface area (Å²) in [6.07, 6.45) is 1.79. The predicted molar refractivity (Wildman–Crippen MR) is 68.5 cm³/mol. The molecule has 0 aliphatic carbocycles. The van der Waals surface area contributed by atoms with Crippen LogP contribution in [0.15, 0.2) is 35.2 Å². The van der Waals surface area contributed by atoms with Gasteiger partial charge in [-0.1, -0.05) is 18.2 Å². The number of benzene rings is 1. The fraction of sp³-hybridized carbons (Fsp3) is 0.417. The molecule has 1 aromatic rings. The van der Waals surface area contributed by atoms with Crippen molar-refractivity contribution in [3.63, 3.8) is 0 Å². The largest absolute Gasteiger partial charge is 0.271 e. The molecule has 0 bridgehead atoms. The Bertz CT molecular complexity index is 524. The first-order valence-corrected chi connectivity index (χ1v) is 7.56. The maximum absolute atomic E-state index is 11.9. The van der Waals surface area contributed by atoms with E-state index in [1.54, 1.807) is 18.2 Å². The highest BCUT2D eigenvalue weighted by Crippen LogP contribution is 2.08. The van der Waals surface area contributed by atoms with Crippen LogP contribution in [0.4, 0.5) is 0 Å². The molecule has 0 saturated carbocycles. The van der Waals surface area contributed by atoms with Gasteiger partial charge < -0.3 is 0 Å². The summed E-state index contributed by atoms with van der Waals surface area (Å²) >= 11 is 0. The first kappa shape index (κ1) is 14.0. The van der Waals surface area contributed by atoms with Crippen molar-refractivity contribution >= 4 is 15.9 Å². The summed E-state index contributed by atoms with van der Waals surface area (Å²) in [6.45, 7) is 0.709. The third-order valence-corrected chi connectivity index (χ3v) is 4.16. The second-order valence-corrected chi connectivity index (χ2v) is 5.94. The van der Waals surface area contributed by atoms with Crippen molar-refractivity contribution in [1.29, 1.82) is 0 Å². The Morgan fingerprint density at radius 3 is 2.63 bits per heavy atom. The third-order valence-electron chi connectivity index (χ3n) is 2.75. The van der Waals surface area contributed by atoms with E-state index in [9.17, 15) is 13.2 Å². The fourth-order valence-electron chi connectivity index (χ4n) is 1.72. The van der Waals surface area contributed by atoms with E-state index in [2.05, 4.69) is 4.72 Å². The molecule has 0 spiro atoms. The number of sulfonamides is 1. The van der Waals surface area contributed by atoms with Crippen LogP contribution in [0.3, 0.4) is 0 Å². The van der Waals surface area contributed by atoms with E-state index < -0.39 is 10.0 Å². The Hall–Kier alpha value is -1.44. The lowest BCUT2D eigenvalue weighted by molar-refractivity contribution is -0.195. The van der Waals surface area contributed by atoms with Gasteiger partial charge in [-0.05, 0) is 25.0 Å². The molecule has 1 aliphatic heterocycles. The van der Waals surface area contributed by atoms with Gasteiger partial charge >= 0.3 is 0 Å². The average molecular weight is 284 g/mol. The number of rotatable bonds is 4. The number of nitrogens with zero attached hydrogens (tertiary/aromatic N) is 1. The number of amides is 1. The first-order valence-electron chi connectivity index (χ1n) is 6.07. The van der Waals surface area contributed by atoms with E-state index in [1.807, 2.05) is 0 Å². The Morgan fingerprint density at radius 1 is 1.26 bits per heavy atom. The molecule has 1 amide bonds. The lowest BCUT2D eigenvalue weighted by Gasteiger charge is -2.25. The van der Waals surface area contributed by atoms with Crippen molar-refractivity contribution in [1.82, 2.24) is 9.79 Å². The molecule has 0 aromatic heterocycles. The fourth-order valence-corrected chi connectivity index (χ4v) is 2.72. The van der Waals surface area contributed by atoms with Crippen molar-refractivity contribution in [3.05, 3.63) is 30.3 Å². The molecule has 6 nitrogen and oxygen atoms in total. The minimum Gasteiger partial charge on any atom is -0.271 e. The second kappa shape index (κ2) is 6.14. The normalized spacial score (nSPS) is 16.3. The minimum atomic E-state index is -3.65. The highest BCUT2D eigenvalue weighted by Gasteiger charge is 2.20. The minimum absolute atomic E-state index is 0.141. The van der Waals surface area contributed by atoms with Gasteiger partial charge in [-0.2, -0.15) is 0 Å². The summed E-state index contributed by atoms with van der Waals surface area (Å²) in [5.41, 5.74) is 0. The van der Waals surface area contributed by atoms with Gasteiger partial charge in [0.1, 0.15) is 0 Å². The van der Waals surface area contributed by atoms with Crippen LogP contribution in [0.5, 0.6) is 0 Å². The molecule has 0 atom stereocenters. The molecule has 2 rings (SSSR count). The predicted octanol–water partition coefficient (Wildman–Crippen LogP) is 0.519. The molecule has 0 radical (unpaired) electrons. The van der Waals surface area contributed by atoms with E-state index >= 15 is 0 Å². The zero-order valence-electron chi connectivity index (χ0n) is 10.4. The number of hydroxylamine groups is 2. The van der Waals surface area contributed by atoms with Crippen LogP contribution >= 0.6 is 0 Å². The summed E-state index contributed by atoms with van der Waals surface area (Å²) in [4.78, 5) is 17.1. The van der Waals surface area contributed by atoms with E-state index in [0.29, 0.717) is 13.2 Å². The van der Waals surface area contributed by atoms with Gasteiger partial charge in [0.2, 0.25) is 10.0 Å². The average Bonchev–Trinajstić information content (AvgIpc) is 2.47. The van der Waals surface area contributed by atoms with Gasteiger partial charge in [-0.3, -0.25) is 9.63 Å². The van der Waals surface area contributed by atoms with Crippen LogP contribution in [-0.2, 0) is 19.7 Å². The number of nitrogens with one attached hydrogen (secondary N) is 1. The van der Waals surface area contributed by atoms with Gasteiger partial charge in [-0.25, -0.2) is 18.2 Å². The van der Waals surface area contributed by atoms with Gasteiger partial charge in [0.15, 0.2) is 0 Å². The van der Waals surface area contributed by atoms with Crippen molar-refractivity contribution in [3.8, 4) is 0 Å². The summed E-state index contributed by atoms with van der Waals surface area (Å²) < 4.78 is 26.1. The summed E-state index contributed by atoms with van der Waals surface area (Å²) in [7, 11) is -3.65. The van der Waals surface area contributed by atoms with E-state index in [4.69, 9.17) is 4.84 Å². The Kier molecular flexibility index (Phi) is 4.52. The van der Waals surface area contributed by atoms with Crippen molar-refractivity contribution in [2.45, 2.75) is 17.7 Å². The molecular formula is C12H16N2O4S. The van der Waals surface area contributed by atoms with Crippen molar-refractivity contribution in [2.24, 2.45) is 0 Å². The summed E-state index contributed by atoms with van der Waals surface area (Å²) in [5, 5.41) is 1.22. The molecule has 1 fully saturated rings. The number of carbonyl (C=O) groups excluding carboxylic acids is 1. The SMILES string of the molecule is O=C(CNS(=O)(=O)c1ccccc1)N1CCCCO1. The standard InChI is InChI=1S/C12H16N2O4S/c15-12(14-8-4-5-9-18-14)10-13-19(16,17)11-6-2-1-3-7-11/h1-3,6-7,13H,4-5,8-10H2. The molecule has 7 heteroatoms.